The number of hydrogen-bond donors (Lipinski definition) is 4. The topological polar surface area (TPSA) is 132 Å². The van der Waals surface area contributed by atoms with Crippen LogP contribution in [-0.2, 0) is 11.4 Å². The van der Waals surface area contributed by atoms with E-state index in [9.17, 15) is 9.59 Å². The summed E-state index contributed by atoms with van der Waals surface area (Å²) in [7, 11) is 0. The Kier molecular flexibility index (Phi) is 10.1. The maximum absolute atomic E-state index is 10.5. The van der Waals surface area contributed by atoms with Gasteiger partial charge in [0.05, 0.1) is 11.1 Å². The maximum atomic E-state index is 10.5. The van der Waals surface area contributed by atoms with Gasteiger partial charge in [-0.05, 0) is 12.1 Å². The number of aromatic carboxylic acids is 2. The number of benzene rings is 1. The van der Waals surface area contributed by atoms with Crippen LogP contribution in [0.2, 0.25) is 0 Å². The van der Waals surface area contributed by atoms with Gasteiger partial charge in [-0.1, -0.05) is 12.1 Å². The molecule has 0 amide bonds. The molecule has 0 heterocycles. The van der Waals surface area contributed by atoms with Crippen LogP contribution >= 0.6 is 0 Å². The number of carbonyl (C=O) groups is 2. The number of hydrogen-bond acceptors (Lipinski definition) is 3. The molecule has 17 heavy (non-hydrogen) atoms. The van der Waals surface area contributed by atoms with E-state index in [1.807, 2.05) is 0 Å². The van der Waals surface area contributed by atoms with E-state index < -0.39 is 23.3 Å². The van der Waals surface area contributed by atoms with E-state index in [0.717, 1.165) is 0 Å². The molecule has 0 saturated heterocycles. The van der Waals surface area contributed by atoms with Crippen LogP contribution in [0, 0.1) is 0 Å². The quantitative estimate of drug-likeness (QED) is 0.444. The van der Waals surface area contributed by atoms with Gasteiger partial charge in [-0.2, -0.15) is 4.21 Å². The monoisotopic (exact) mass is 272 g/mol. The minimum absolute atomic E-state index is 0. The summed E-state index contributed by atoms with van der Waals surface area (Å²) in [5, 5.41) is 17.1. The first-order valence-electron chi connectivity index (χ1n) is 3.71. The van der Waals surface area contributed by atoms with E-state index in [4.69, 9.17) is 23.5 Å². The van der Waals surface area contributed by atoms with Crippen LogP contribution in [0.3, 0.4) is 0 Å². The van der Waals surface area contributed by atoms with Gasteiger partial charge in [-0.3, -0.25) is 9.11 Å². The van der Waals surface area contributed by atoms with Gasteiger partial charge in [-0.15, -0.1) is 0 Å². The van der Waals surface area contributed by atoms with Crippen LogP contribution in [0.4, 0.5) is 0 Å². The van der Waals surface area contributed by atoms with E-state index in [-0.39, 0.29) is 40.7 Å². The first-order valence-corrected chi connectivity index (χ1v) is 4.78. The zero-order chi connectivity index (χ0) is 12.7. The first-order chi connectivity index (χ1) is 7.36. The number of rotatable bonds is 2. The van der Waals surface area contributed by atoms with Crippen LogP contribution < -0.4 is 0 Å². The Balaban J connectivity index is 0. The fourth-order valence-electron chi connectivity index (χ4n) is 0.856. The Morgan fingerprint density at radius 2 is 1.18 bits per heavy atom. The SMILES string of the molecule is O=C(O)c1ccccc1C(=O)O.O=S(O)O.[NaH]. The predicted octanol–water partition coefficient (Wildman–Crippen LogP) is 0.116. The summed E-state index contributed by atoms with van der Waals surface area (Å²) in [5.41, 5.74) is -0.380. The van der Waals surface area contributed by atoms with E-state index in [0.29, 0.717) is 0 Å². The molecule has 9 heteroatoms. The van der Waals surface area contributed by atoms with Gasteiger partial charge >= 0.3 is 41.5 Å². The number of carboxylic acids is 2. The Bertz CT molecular complexity index is 383. The van der Waals surface area contributed by atoms with Gasteiger partial charge in [0, 0.05) is 0 Å². The molecule has 4 N–H and O–H groups in total. The Hall–Kier alpha value is -0.770. The van der Waals surface area contributed by atoms with E-state index in [1.165, 1.54) is 24.3 Å². The van der Waals surface area contributed by atoms with E-state index >= 15 is 0 Å². The molecule has 0 bridgehead atoms. The second-order valence-corrected chi connectivity index (χ2v) is 2.85. The molecule has 7 nitrogen and oxygen atoms in total. The first kappa shape index (κ1) is 18.6. The van der Waals surface area contributed by atoms with Crippen molar-refractivity contribution in [2.45, 2.75) is 0 Å². The molecular formula is C8H9NaO7S. The third-order valence-corrected chi connectivity index (χ3v) is 1.39. The molecule has 0 aliphatic rings. The van der Waals surface area contributed by atoms with Gasteiger partial charge in [0.25, 0.3) is 11.4 Å². The molecule has 0 radical (unpaired) electrons. The standard InChI is InChI=1S/C8H6O4.Na.H2O3S.H/c9-7(10)5-3-1-2-4-6(5)8(11)12;;1-4(2)3;/h1-4H,(H,9,10)(H,11,12);;(H2,1,2,3);. The van der Waals surface area contributed by atoms with Gasteiger partial charge in [0.2, 0.25) is 0 Å². The molecule has 0 aromatic heterocycles. The van der Waals surface area contributed by atoms with Crippen molar-refractivity contribution >= 4 is 52.9 Å². The third-order valence-electron chi connectivity index (χ3n) is 1.39. The van der Waals surface area contributed by atoms with Gasteiger partial charge in [-0.25, -0.2) is 9.59 Å². The molecule has 0 spiro atoms. The van der Waals surface area contributed by atoms with Crippen LogP contribution in [0.1, 0.15) is 20.7 Å². The van der Waals surface area contributed by atoms with Crippen LogP contribution in [0.25, 0.3) is 0 Å². The average molecular weight is 272 g/mol. The summed E-state index contributed by atoms with van der Waals surface area (Å²) < 4.78 is 22.8. The normalized spacial score (nSPS) is 8.65. The Morgan fingerprint density at radius 1 is 0.941 bits per heavy atom. The summed E-state index contributed by atoms with van der Waals surface area (Å²) in [6, 6.07) is 5.48. The molecule has 1 aromatic carbocycles. The molecule has 0 aliphatic carbocycles. The zero-order valence-corrected chi connectivity index (χ0v) is 8.55. The molecule has 1 rings (SSSR count). The second-order valence-electron chi connectivity index (χ2n) is 2.39. The van der Waals surface area contributed by atoms with Crippen molar-refractivity contribution in [3.05, 3.63) is 35.4 Å². The predicted molar refractivity (Wildman–Crippen MR) is 60.9 cm³/mol. The van der Waals surface area contributed by atoms with Gasteiger partial charge in [0.1, 0.15) is 0 Å². The van der Waals surface area contributed by atoms with Crippen LogP contribution in [-0.4, -0.2) is 65.0 Å². The van der Waals surface area contributed by atoms with Gasteiger partial charge < -0.3 is 10.2 Å². The van der Waals surface area contributed by atoms with Crippen molar-refractivity contribution in [1.29, 1.82) is 0 Å². The summed E-state index contributed by atoms with van der Waals surface area (Å²) in [4.78, 5) is 20.9. The summed E-state index contributed by atoms with van der Waals surface area (Å²) in [5.74, 6) is -2.46. The average Bonchev–Trinajstić information content (AvgIpc) is 2.16. The molecule has 0 atom stereocenters. The van der Waals surface area contributed by atoms with Crippen LogP contribution in [0.15, 0.2) is 24.3 Å². The minimum atomic E-state index is -2.61. The zero-order valence-electron chi connectivity index (χ0n) is 7.73. The summed E-state index contributed by atoms with van der Waals surface area (Å²) in [6.45, 7) is 0. The molecule has 90 valence electrons. The van der Waals surface area contributed by atoms with Crippen molar-refractivity contribution < 1.29 is 33.1 Å². The summed E-state index contributed by atoms with van der Waals surface area (Å²) >= 11 is -2.61. The molecule has 1 aromatic rings. The van der Waals surface area contributed by atoms with Crippen molar-refractivity contribution in [1.82, 2.24) is 0 Å². The molecular weight excluding hydrogens is 263 g/mol. The molecule has 0 saturated carbocycles. The molecule has 0 fully saturated rings. The number of carboxylic acid groups (broad SMARTS) is 2. The second kappa shape index (κ2) is 9.28. The summed E-state index contributed by atoms with van der Waals surface area (Å²) in [6.07, 6.45) is 0. The van der Waals surface area contributed by atoms with Crippen molar-refractivity contribution in [2.24, 2.45) is 0 Å². The van der Waals surface area contributed by atoms with E-state index in [2.05, 4.69) is 0 Å². The molecule has 0 aliphatic heterocycles. The Morgan fingerprint density at radius 3 is 1.35 bits per heavy atom. The van der Waals surface area contributed by atoms with Crippen molar-refractivity contribution in [3.8, 4) is 0 Å². The Labute approximate surface area is 121 Å². The van der Waals surface area contributed by atoms with E-state index in [1.54, 1.807) is 0 Å². The third kappa shape index (κ3) is 8.02. The van der Waals surface area contributed by atoms with Crippen molar-refractivity contribution in [2.75, 3.05) is 0 Å². The van der Waals surface area contributed by atoms with Crippen molar-refractivity contribution in [3.63, 3.8) is 0 Å². The fourth-order valence-corrected chi connectivity index (χ4v) is 0.856. The molecule has 0 unspecified atom stereocenters. The van der Waals surface area contributed by atoms with Crippen LogP contribution in [0.5, 0.6) is 0 Å². The fraction of sp³-hybridized carbons (Fsp3) is 0. The van der Waals surface area contributed by atoms with Gasteiger partial charge in [0.15, 0.2) is 0 Å².